The zero-order chi connectivity index (χ0) is 16.2. The molecule has 1 atom stereocenters. The number of ether oxygens (including phenoxy) is 1. The highest BCUT2D eigenvalue weighted by Crippen LogP contribution is 2.28. The SMILES string of the molecule is c1csc(-c2nc(CN3CCCN(CC4CCCO4)CC3)cs2)c1. The van der Waals surface area contributed by atoms with Crippen LogP contribution in [0.3, 0.4) is 0 Å². The Bertz CT molecular complexity index is 622. The number of thiophene rings is 1. The second-order valence-corrected chi connectivity index (χ2v) is 8.49. The molecule has 0 radical (unpaired) electrons. The van der Waals surface area contributed by atoms with E-state index in [-0.39, 0.29) is 0 Å². The average molecular weight is 364 g/mol. The molecule has 2 aromatic rings. The van der Waals surface area contributed by atoms with Gasteiger partial charge in [0.2, 0.25) is 0 Å². The monoisotopic (exact) mass is 363 g/mol. The van der Waals surface area contributed by atoms with Gasteiger partial charge >= 0.3 is 0 Å². The van der Waals surface area contributed by atoms with Crippen molar-refractivity contribution >= 4 is 22.7 Å². The lowest BCUT2D eigenvalue weighted by molar-refractivity contribution is 0.0742. The largest absolute Gasteiger partial charge is 0.377 e. The third kappa shape index (κ3) is 4.24. The van der Waals surface area contributed by atoms with Crippen LogP contribution in [0.15, 0.2) is 22.9 Å². The molecule has 2 fully saturated rings. The van der Waals surface area contributed by atoms with Gasteiger partial charge < -0.3 is 4.74 Å². The standard InChI is InChI=1S/C18H25N3OS2/c1-4-16(22-10-1)13-21-7-3-6-20(8-9-21)12-15-14-24-18(19-15)17-5-2-11-23-17/h2,5,11,14,16H,1,3-4,6-10,12-13H2. The Labute approximate surface area is 152 Å². The topological polar surface area (TPSA) is 28.6 Å². The summed E-state index contributed by atoms with van der Waals surface area (Å²) in [7, 11) is 0. The highest BCUT2D eigenvalue weighted by atomic mass is 32.1. The summed E-state index contributed by atoms with van der Waals surface area (Å²) in [5.41, 5.74) is 1.22. The third-order valence-corrected chi connectivity index (χ3v) is 6.77. The van der Waals surface area contributed by atoms with Crippen molar-refractivity contribution in [2.75, 3.05) is 39.3 Å². The maximum absolute atomic E-state index is 5.79. The first kappa shape index (κ1) is 16.7. The molecule has 24 heavy (non-hydrogen) atoms. The van der Waals surface area contributed by atoms with Crippen LogP contribution in [0.5, 0.6) is 0 Å². The summed E-state index contributed by atoms with van der Waals surface area (Å²) in [4.78, 5) is 11.3. The molecular formula is C18H25N3OS2. The molecular weight excluding hydrogens is 338 g/mol. The van der Waals surface area contributed by atoms with Gasteiger partial charge in [0.25, 0.3) is 0 Å². The fourth-order valence-corrected chi connectivity index (χ4v) is 5.19. The third-order valence-electron chi connectivity index (χ3n) is 4.84. The van der Waals surface area contributed by atoms with Gasteiger partial charge in [-0.2, -0.15) is 0 Å². The van der Waals surface area contributed by atoms with E-state index in [1.807, 2.05) is 0 Å². The van der Waals surface area contributed by atoms with E-state index in [4.69, 9.17) is 9.72 Å². The average Bonchev–Trinajstić information content (AvgIpc) is 3.31. The first-order valence-corrected chi connectivity index (χ1v) is 10.7. The minimum atomic E-state index is 0.475. The minimum Gasteiger partial charge on any atom is -0.377 e. The van der Waals surface area contributed by atoms with E-state index in [2.05, 4.69) is 32.7 Å². The Morgan fingerprint density at radius 3 is 2.88 bits per heavy atom. The summed E-state index contributed by atoms with van der Waals surface area (Å²) in [6.45, 7) is 7.73. The second kappa shape index (κ2) is 8.06. The van der Waals surface area contributed by atoms with E-state index in [9.17, 15) is 0 Å². The fourth-order valence-electron chi connectivity index (χ4n) is 3.56. The Morgan fingerprint density at radius 1 is 1.12 bits per heavy atom. The molecule has 130 valence electrons. The number of hydrogen-bond donors (Lipinski definition) is 0. The summed E-state index contributed by atoms with van der Waals surface area (Å²) in [6.07, 6.45) is 4.20. The van der Waals surface area contributed by atoms with E-state index < -0.39 is 0 Å². The smallest absolute Gasteiger partial charge is 0.133 e. The van der Waals surface area contributed by atoms with Crippen molar-refractivity contribution in [3.63, 3.8) is 0 Å². The van der Waals surface area contributed by atoms with E-state index in [0.29, 0.717) is 6.10 Å². The second-order valence-electron chi connectivity index (χ2n) is 6.69. The first-order valence-electron chi connectivity index (χ1n) is 8.91. The number of rotatable bonds is 5. The fraction of sp³-hybridized carbons (Fsp3) is 0.611. The van der Waals surface area contributed by atoms with Gasteiger partial charge in [-0.3, -0.25) is 9.80 Å². The molecule has 0 spiro atoms. The summed E-state index contributed by atoms with van der Waals surface area (Å²) in [5, 5.41) is 5.51. The molecule has 2 aliphatic rings. The summed E-state index contributed by atoms with van der Waals surface area (Å²) in [6, 6.07) is 4.25. The summed E-state index contributed by atoms with van der Waals surface area (Å²) in [5.74, 6) is 0. The molecule has 2 saturated heterocycles. The van der Waals surface area contributed by atoms with E-state index in [1.165, 1.54) is 42.9 Å². The van der Waals surface area contributed by atoms with Crippen LogP contribution >= 0.6 is 22.7 Å². The molecule has 0 saturated carbocycles. The number of nitrogens with zero attached hydrogens (tertiary/aromatic N) is 3. The van der Waals surface area contributed by atoms with E-state index in [1.54, 1.807) is 22.7 Å². The lowest BCUT2D eigenvalue weighted by Crippen LogP contribution is -2.35. The van der Waals surface area contributed by atoms with Gasteiger partial charge in [-0.15, -0.1) is 22.7 Å². The predicted octanol–water partition coefficient (Wildman–Crippen LogP) is 3.56. The molecule has 1 unspecified atom stereocenters. The minimum absolute atomic E-state index is 0.475. The van der Waals surface area contributed by atoms with Crippen LogP contribution in [-0.4, -0.2) is 60.2 Å². The number of hydrogen-bond acceptors (Lipinski definition) is 6. The molecule has 2 aliphatic heterocycles. The molecule has 0 aliphatic carbocycles. The van der Waals surface area contributed by atoms with Gasteiger partial charge in [-0.1, -0.05) is 6.07 Å². The number of thiazole rings is 1. The lowest BCUT2D eigenvalue weighted by Gasteiger charge is -2.23. The molecule has 0 amide bonds. The van der Waals surface area contributed by atoms with E-state index >= 15 is 0 Å². The van der Waals surface area contributed by atoms with Gasteiger partial charge in [0.1, 0.15) is 5.01 Å². The normalized spacial score (nSPS) is 23.6. The molecule has 4 nitrogen and oxygen atoms in total. The van der Waals surface area contributed by atoms with Crippen molar-refractivity contribution < 1.29 is 4.74 Å². The molecule has 0 bridgehead atoms. The molecule has 4 heterocycles. The predicted molar refractivity (Wildman–Crippen MR) is 101 cm³/mol. The van der Waals surface area contributed by atoms with Crippen molar-refractivity contribution in [3.05, 3.63) is 28.6 Å². The van der Waals surface area contributed by atoms with Gasteiger partial charge in [0.15, 0.2) is 0 Å². The summed E-state index contributed by atoms with van der Waals surface area (Å²) >= 11 is 3.54. The maximum atomic E-state index is 5.79. The van der Waals surface area contributed by atoms with Crippen LogP contribution in [0.4, 0.5) is 0 Å². The van der Waals surface area contributed by atoms with Gasteiger partial charge in [0, 0.05) is 38.2 Å². The molecule has 6 heteroatoms. The van der Waals surface area contributed by atoms with Crippen LogP contribution in [0.1, 0.15) is 25.0 Å². The zero-order valence-corrected chi connectivity index (χ0v) is 15.7. The van der Waals surface area contributed by atoms with Gasteiger partial charge in [-0.25, -0.2) is 4.98 Å². The van der Waals surface area contributed by atoms with Crippen molar-refractivity contribution in [3.8, 4) is 9.88 Å². The van der Waals surface area contributed by atoms with Crippen molar-refractivity contribution in [2.24, 2.45) is 0 Å². The Kier molecular flexibility index (Phi) is 5.60. The van der Waals surface area contributed by atoms with Crippen LogP contribution in [0, 0.1) is 0 Å². The Balaban J connectivity index is 1.29. The Morgan fingerprint density at radius 2 is 2.04 bits per heavy atom. The molecule has 2 aromatic heterocycles. The zero-order valence-electron chi connectivity index (χ0n) is 14.0. The Hall–Kier alpha value is -0.790. The van der Waals surface area contributed by atoms with E-state index in [0.717, 1.165) is 37.8 Å². The lowest BCUT2D eigenvalue weighted by atomic mass is 10.2. The van der Waals surface area contributed by atoms with Gasteiger partial charge in [-0.05, 0) is 43.8 Å². The molecule has 4 rings (SSSR count). The van der Waals surface area contributed by atoms with Crippen LogP contribution in [-0.2, 0) is 11.3 Å². The van der Waals surface area contributed by atoms with Crippen molar-refractivity contribution in [2.45, 2.75) is 31.9 Å². The van der Waals surface area contributed by atoms with Crippen molar-refractivity contribution in [1.29, 1.82) is 0 Å². The van der Waals surface area contributed by atoms with Crippen LogP contribution in [0.25, 0.3) is 9.88 Å². The highest BCUT2D eigenvalue weighted by Gasteiger charge is 2.22. The molecule has 0 N–H and O–H groups in total. The van der Waals surface area contributed by atoms with Crippen LogP contribution in [0.2, 0.25) is 0 Å². The number of aromatic nitrogens is 1. The van der Waals surface area contributed by atoms with Crippen LogP contribution < -0.4 is 0 Å². The van der Waals surface area contributed by atoms with Gasteiger partial charge in [0.05, 0.1) is 16.7 Å². The highest BCUT2D eigenvalue weighted by molar-refractivity contribution is 7.20. The molecule has 0 aromatic carbocycles. The van der Waals surface area contributed by atoms with Crippen molar-refractivity contribution in [1.82, 2.24) is 14.8 Å². The first-order chi connectivity index (χ1) is 11.9. The summed E-state index contributed by atoms with van der Waals surface area (Å²) < 4.78 is 5.79. The maximum Gasteiger partial charge on any atom is 0.133 e. The quantitative estimate of drug-likeness (QED) is 0.812.